The molecule has 106 valence electrons. The number of anilines is 2. The number of thiazole rings is 1. The van der Waals surface area contributed by atoms with Crippen LogP contribution in [-0.2, 0) is 4.79 Å². The van der Waals surface area contributed by atoms with E-state index in [0.717, 1.165) is 29.0 Å². The molecule has 0 spiro atoms. The van der Waals surface area contributed by atoms with Gasteiger partial charge in [-0.25, -0.2) is 4.98 Å². The van der Waals surface area contributed by atoms with E-state index >= 15 is 0 Å². The molecule has 7 heteroatoms. The lowest BCUT2D eigenvalue weighted by atomic mass is 10.2. The average Bonchev–Trinajstić information content (AvgIpc) is 2.82. The Labute approximate surface area is 120 Å². The monoisotopic (exact) mass is 292 g/mol. The molecule has 20 heavy (non-hydrogen) atoms. The summed E-state index contributed by atoms with van der Waals surface area (Å²) in [5, 5.41) is 0.506. The standard InChI is InChI=1S/C13H16N4O2S/c1-16-5-6-17(7-10(16)18)8-3-4-9(19-2)11-12(8)20-13(14)15-11/h3-4H,5-7H2,1-2H3,(H2,14,15). The fourth-order valence-electron chi connectivity index (χ4n) is 2.36. The number of fused-ring (bicyclic) bond motifs is 1. The molecule has 0 saturated carbocycles. The summed E-state index contributed by atoms with van der Waals surface area (Å²) in [6.07, 6.45) is 0. The van der Waals surface area contributed by atoms with E-state index in [1.165, 1.54) is 11.3 Å². The Morgan fingerprint density at radius 1 is 1.40 bits per heavy atom. The van der Waals surface area contributed by atoms with Gasteiger partial charge in [0.25, 0.3) is 0 Å². The predicted molar refractivity (Wildman–Crippen MR) is 80.4 cm³/mol. The molecule has 0 unspecified atom stereocenters. The van der Waals surface area contributed by atoms with Gasteiger partial charge in [-0.1, -0.05) is 11.3 Å². The molecular weight excluding hydrogens is 276 g/mol. The van der Waals surface area contributed by atoms with E-state index in [0.29, 0.717) is 17.4 Å². The molecule has 6 nitrogen and oxygen atoms in total. The third-order valence-corrected chi connectivity index (χ3v) is 4.43. The Hall–Kier alpha value is -2.02. The fourth-order valence-corrected chi connectivity index (χ4v) is 3.26. The van der Waals surface area contributed by atoms with Crippen molar-refractivity contribution in [3.05, 3.63) is 12.1 Å². The highest BCUT2D eigenvalue weighted by atomic mass is 32.1. The summed E-state index contributed by atoms with van der Waals surface area (Å²) < 4.78 is 6.29. The maximum atomic E-state index is 11.9. The second kappa shape index (κ2) is 4.82. The number of carbonyl (C=O) groups excluding carboxylic acids is 1. The van der Waals surface area contributed by atoms with E-state index in [2.05, 4.69) is 9.88 Å². The van der Waals surface area contributed by atoms with Crippen LogP contribution in [0.15, 0.2) is 12.1 Å². The van der Waals surface area contributed by atoms with Crippen LogP contribution >= 0.6 is 11.3 Å². The van der Waals surface area contributed by atoms with E-state index in [1.807, 2.05) is 19.2 Å². The van der Waals surface area contributed by atoms with Gasteiger partial charge >= 0.3 is 0 Å². The van der Waals surface area contributed by atoms with Crippen molar-refractivity contribution in [2.75, 3.05) is 44.4 Å². The molecule has 2 heterocycles. The van der Waals surface area contributed by atoms with Crippen LogP contribution in [0.4, 0.5) is 10.8 Å². The van der Waals surface area contributed by atoms with Gasteiger partial charge in [0.05, 0.1) is 24.0 Å². The second-order valence-electron chi connectivity index (χ2n) is 4.75. The minimum absolute atomic E-state index is 0.123. The Bertz CT molecular complexity index is 670. The van der Waals surface area contributed by atoms with Gasteiger partial charge in [-0.3, -0.25) is 4.79 Å². The summed E-state index contributed by atoms with van der Waals surface area (Å²) in [7, 11) is 3.44. The van der Waals surface area contributed by atoms with Crippen LogP contribution in [0.1, 0.15) is 0 Å². The molecule has 1 fully saturated rings. The number of nitrogen functional groups attached to an aromatic ring is 1. The number of ether oxygens (including phenoxy) is 1. The summed E-state index contributed by atoms with van der Waals surface area (Å²) in [6, 6.07) is 3.84. The quantitative estimate of drug-likeness (QED) is 0.899. The third kappa shape index (κ3) is 2.03. The molecule has 3 rings (SSSR count). The number of benzene rings is 1. The minimum Gasteiger partial charge on any atom is -0.494 e. The number of methoxy groups -OCH3 is 1. The van der Waals surface area contributed by atoms with Gasteiger partial charge in [0.1, 0.15) is 11.3 Å². The van der Waals surface area contributed by atoms with Crippen molar-refractivity contribution < 1.29 is 9.53 Å². The lowest BCUT2D eigenvalue weighted by molar-refractivity contribution is -0.129. The Kier molecular flexibility index (Phi) is 3.13. The average molecular weight is 292 g/mol. The first-order chi connectivity index (χ1) is 9.60. The first-order valence-corrected chi connectivity index (χ1v) is 7.13. The van der Waals surface area contributed by atoms with Gasteiger partial charge in [-0.15, -0.1) is 0 Å². The van der Waals surface area contributed by atoms with Crippen molar-refractivity contribution in [1.82, 2.24) is 9.88 Å². The molecule has 1 aliphatic heterocycles. The number of hydrogen-bond acceptors (Lipinski definition) is 6. The number of nitrogens with two attached hydrogens (primary N) is 1. The molecule has 2 aromatic rings. The van der Waals surface area contributed by atoms with Gasteiger partial charge < -0.3 is 20.3 Å². The summed E-state index contributed by atoms with van der Waals surface area (Å²) in [5.74, 6) is 0.829. The molecular formula is C13H16N4O2S. The topological polar surface area (TPSA) is 71.7 Å². The Morgan fingerprint density at radius 3 is 2.90 bits per heavy atom. The van der Waals surface area contributed by atoms with Gasteiger partial charge in [0.15, 0.2) is 5.13 Å². The summed E-state index contributed by atoms with van der Waals surface area (Å²) in [6.45, 7) is 1.91. The Balaban J connectivity index is 2.06. The van der Waals surface area contributed by atoms with Gasteiger partial charge in [0.2, 0.25) is 5.91 Å². The minimum atomic E-state index is 0.123. The molecule has 1 aromatic carbocycles. The predicted octanol–water partition coefficient (Wildman–Crippen LogP) is 1.17. The molecule has 2 N–H and O–H groups in total. The number of piperazine rings is 1. The number of amides is 1. The molecule has 0 atom stereocenters. The van der Waals surface area contributed by atoms with Gasteiger partial charge in [0, 0.05) is 20.1 Å². The maximum absolute atomic E-state index is 11.9. The molecule has 0 aliphatic carbocycles. The number of aromatic nitrogens is 1. The highest BCUT2D eigenvalue weighted by Crippen LogP contribution is 2.38. The molecule has 1 saturated heterocycles. The van der Waals surface area contributed by atoms with Crippen molar-refractivity contribution in [2.45, 2.75) is 0 Å². The van der Waals surface area contributed by atoms with E-state index in [1.54, 1.807) is 12.0 Å². The summed E-state index contributed by atoms with van der Waals surface area (Å²) >= 11 is 1.42. The largest absolute Gasteiger partial charge is 0.494 e. The number of carbonyl (C=O) groups is 1. The van der Waals surface area contributed by atoms with Crippen molar-refractivity contribution in [3.8, 4) is 5.75 Å². The SMILES string of the molecule is COc1ccc(N2CCN(C)C(=O)C2)c2sc(N)nc12. The van der Waals surface area contributed by atoms with Gasteiger partial charge in [-0.05, 0) is 12.1 Å². The number of rotatable bonds is 2. The summed E-state index contributed by atoms with van der Waals surface area (Å²) in [4.78, 5) is 20.0. The summed E-state index contributed by atoms with van der Waals surface area (Å²) in [5.41, 5.74) is 7.58. The Morgan fingerprint density at radius 2 is 2.20 bits per heavy atom. The fraction of sp³-hybridized carbons (Fsp3) is 0.385. The van der Waals surface area contributed by atoms with Crippen LogP contribution in [0.5, 0.6) is 5.75 Å². The molecule has 0 radical (unpaired) electrons. The lowest BCUT2D eigenvalue weighted by Crippen LogP contribution is -2.48. The number of hydrogen-bond donors (Lipinski definition) is 1. The van der Waals surface area contributed by atoms with Crippen LogP contribution in [0.25, 0.3) is 10.2 Å². The smallest absolute Gasteiger partial charge is 0.241 e. The second-order valence-corrected chi connectivity index (χ2v) is 5.78. The van der Waals surface area contributed by atoms with Crippen molar-refractivity contribution in [2.24, 2.45) is 0 Å². The van der Waals surface area contributed by atoms with Crippen molar-refractivity contribution in [3.63, 3.8) is 0 Å². The molecule has 0 bridgehead atoms. The lowest BCUT2D eigenvalue weighted by Gasteiger charge is -2.33. The van der Waals surface area contributed by atoms with Gasteiger partial charge in [-0.2, -0.15) is 0 Å². The van der Waals surface area contributed by atoms with Crippen LogP contribution in [0.3, 0.4) is 0 Å². The molecule has 1 aliphatic rings. The van der Waals surface area contributed by atoms with Crippen LogP contribution in [0, 0.1) is 0 Å². The molecule has 1 amide bonds. The normalized spacial score (nSPS) is 16.0. The maximum Gasteiger partial charge on any atom is 0.241 e. The zero-order chi connectivity index (χ0) is 14.3. The van der Waals surface area contributed by atoms with Crippen LogP contribution < -0.4 is 15.4 Å². The van der Waals surface area contributed by atoms with Crippen LogP contribution in [0.2, 0.25) is 0 Å². The number of likely N-dealkylation sites (N-methyl/N-ethyl adjacent to an activating group) is 1. The first-order valence-electron chi connectivity index (χ1n) is 6.32. The highest BCUT2D eigenvalue weighted by Gasteiger charge is 2.24. The van der Waals surface area contributed by atoms with Crippen LogP contribution in [-0.4, -0.2) is 49.6 Å². The van der Waals surface area contributed by atoms with E-state index in [-0.39, 0.29) is 5.91 Å². The first kappa shape index (κ1) is 13.0. The number of nitrogens with zero attached hydrogens (tertiary/aromatic N) is 3. The third-order valence-electron chi connectivity index (χ3n) is 3.52. The van der Waals surface area contributed by atoms with E-state index in [4.69, 9.17) is 10.5 Å². The highest BCUT2D eigenvalue weighted by molar-refractivity contribution is 7.22. The van der Waals surface area contributed by atoms with E-state index < -0.39 is 0 Å². The van der Waals surface area contributed by atoms with Crippen molar-refractivity contribution in [1.29, 1.82) is 0 Å². The van der Waals surface area contributed by atoms with Crippen molar-refractivity contribution >= 4 is 38.3 Å². The molecule has 1 aromatic heterocycles. The zero-order valence-corrected chi connectivity index (χ0v) is 12.2. The zero-order valence-electron chi connectivity index (χ0n) is 11.4. The van der Waals surface area contributed by atoms with E-state index in [9.17, 15) is 4.79 Å².